The predicted molar refractivity (Wildman–Crippen MR) is 129 cm³/mol. The zero-order valence-electron chi connectivity index (χ0n) is 17.9. The standard InChI is InChI=1S/C25H25BrFN5/c1-15-7-9-16(10-8-15)11-21-22(26)24(28)32-25(31-21)19(14-30-32)18-12-20(27)23(29-13-18)17-5-3-2-4-6-17/h2-6,12-16H,7-11,28H2,1H3. The first-order valence-corrected chi connectivity index (χ1v) is 11.8. The molecule has 0 atom stereocenters. The number of nitrogen functional groups attached to an aromatic ring is 1. The van der Waals surface area contributed by atoms with Gasteiger partial charge in [-0.25, -0.2) is 9.37 Å². The van der Waals surface area contributed by atoms with Crippen molar-refractivity contribution in [1.82, 2.24) is 19.6 Å². The molecule has 2 N–H and O–H groups in total. The third kappa shape index (κ3) is 3.90. The van der Waals surface area contributed by atoms with Crippen molar-refractivity contribution in [3.8, 4) is 22.4 Å². The van der Waals surface area contributed by atoms with Crippen LogP contribution in [0.2, 0.25) is 0 Å². The minimum absolute atomic E-state index is 0.327. The van der Waals surface area contributed by atoms with Crippen LogP contribution in [-0.4, -0.2) is 19.6 Å². The van der Waals surface area contributed by atoms with Crippen LogP contribution in [0.4, 0.5) is 10.2 Å². The van der Waals surface area contributed by atoms with Crippen LogP contribution in [0, 0.1) is 17.7 Å². The van der Waals surface area contributed by atoms with Crippen LogP contribution < -0.4 is 5.73 Å². The Balaban J connectivity index is 1.52. The summed E-state index contributed by atoms with van der Waals surface area (Å²) in [5.41, 5.74) is 10.4. The number of nitrogens with two attached hydrogens (primary N) is 1. The molecule has 1 aliphatic carbocycles. The summed E-state index contributed by atoms with van der Waals surface area (Å²) in [5, 5.41) is 4.41. The molecule has 5 nitrogen and oxygen atoms in total. The molecule has 1 fully saturated rings. The molecule has 0 spiro atoms. The predicted octanol–water partition coefficient (Wildman–Crippen LogP) is 6.31. The lowest BCUT2D eigenvalue weighted by atomic mass is 9.81. The van der Waals surface area contributed by atoms with Crippen LogP contribution in [0.5, 0.6) is 0 Å². The van der Waals surface area contributed by atoms with E-state index >= 15 is 0 Å². The van der Waals surface area contributed by atoms with Crippen molar-refractivity contribution < 1.29 is 4.39 Å². The number of hydrogen-bond acceptors (Lipinski definition) is 4. The van der Waals surface area contributed by atoms with Gasteiger partial charge in [-0.05, 0) is 53.1 Å². The summed E-state index contributed by atoms with van der Waals surface area (Å²) >= 11 is 3.63. The Bertz CT molecular complexity index is 1260. The number of fused-ring (bicyclic) bond motifs is 1. The van der Waals surface area contributed by atoms with Crippen molar-refractivity contribution in [2.75, 3.05) is 5.73 Å². The Morgan fingerprint density at radius 2 is 1.84 bits per heavy atom. The quantitative estimate of drug-likeness (QED) is 0.361. The van der Waals surface area contributed by atoms with Crippen LogP contribution in [0.15, 0.2) is 53.3 Å². The van der Waals surface area contributed by atoms with Gasteiger partial charge >= 0.3 is 0 Å². The molecular formula is C25H25BrFN5. The Hall–Kier alpha value is -2.80. The minimum atomic E-state index is -0.380. The highest BCUT2D eigenvalue weighted by Gasteiger charge is 2.23. The van der Waals surface area contributed by atoms with Crippen molar-refractivity contribution in [3.63, 3.8) is 0 Å². The zero-order chi connectivity index (χ0) is 22.2. The van der Waals surface area contributed by atoms with E-state index in [1.807, 2.05) is 30.3 Å². The number of halogens is 2. The number of benzene rings is 1. The summed E-state index contributed by atoms with van der Waals surface area (Å²) in [5.74, 6) is 1.54. The van der Waals surface area contributed by atoms with Crippen molar-refractivity contribution in [1.29, 1.82) is 0 Å². The fourth-order valence-corrected chi connectivity index (χ4v) is 5.00. The van der Waals surface area contributed by atoms with Gasteiger partial charge in [0.25, 0.3) is 0 Å². The van der Waals surface area contributed by atoms with Crippen LogP contribution in [0.3, 0.4) is 0 Å². The maximum absolute atomic E-state index is 14.9. The van der Waals surface area contributed by atoms with Crippen LogP contribution >= 0.6 is 15.9 Å². The van der Waals surface area contributed by atoms with Gasteiger partial charge in [-0.15, -0.1) is 0 Å². The highest BCUT2D eigenvalue weighted by atomic mass is 79.9. The topological polar surface area (TPSA) is 69.1 Å². The number of pyridine rings is 1. The molecule has 1 aliphatic rings. The van der Waals surface area contributed by atoms with Gasteiger partial charge in [-0.3, -0.25) is 4.98 Å². The Morgan fingerprint density at radius 1 is 1.09 bits per heavy atom. The van der Waals surface area contributed by atoms with Gasteiger partial charge < -0.3 is 5.73 Å². The Morgan fingerprint density at radius 3 is 2.56 bits per heavy atom. The Kier molecular flexibility index (Phi) is 5.67. The molecule has 1 aromatic carbocycles. The molecule has 4 aromatic rings. The highest BCUT2D eigenvalue weighted by Crippen LogP contribution is 2.35. The first-order chi connectivity index (χ1) is 15.5. The molecule has 0 unspecified atom stereocenters. The van der Waals surface area contributed by atoms with E-state index in [9.17, 15) is 4.39 Å². The van der Waals surface area contributed by atoms with Crippen molar-refractivity contribution in [2.24, 2.45) is 11.8 Å². The van der Waals surface area contributed by atoms with E-state index in [0.717, 1.165) is 28.1 Å². The third-order valence-corrected chi connectivity index (χ3v) is 7.37. The number of aromatic nitrogens is 4. The maximum Gasteiger partial charge on any atom is 0.165 e. The average molecular weight is 494 g/mol. The second kappa shape index (κ2) is 8.62. The maximum atomic E-state index is 14.9. The molecule has 5 rings (SSSR count). The molecule has 0 aliphatic heterocycles. The van der Waals surface area contributed by atoms with E-state index in [4.69, 9.17) is 10.7 Å². The molecular weight excluding hydrogens is 469 g/mol. The van der Waals surface area contributed by atoms with Gasteiger partial charge in [0.1, 0.15) is 17.3 Å². The Labute approximate surface area is 195 Å². The lowest BCUT2D eigenvalue weighted by Crippen LogP contribution is -2.16. The number of anilines is 1. The molecule has 3 aromatic heterocycles. The van der Waals surface area contributed by atoms with Crippen LogP contribution in [0.25, 0.3) is 28.0 Å². The molecule has 7 heteroatoms. The smallest absolute Gasteiger partial charge is 0.165 e. The molecule has 164 valence electrons. The molecule has 0 radical (unpaired) electrons. The summed E-state index contributed by atoms with van der Waals surface area (Å²) in [7, 11) is 0. The van der Waals surface area contributed by atoms with Crippen LogP contribution in [0.1, 0.15) is 38.3 Å². The molecule has 0 saturated heterocycles. The summed E-state index contributed by atoms with van der Waals surface area (Å²) in [6.45, 7) is 2.32. The second-order valence-electron chi connectivity index (χ2n) is 8.80. The normalized spacial score (nSPS) is 18.8. The zero-order valence-corrected chi connectivity index (χ0v) is 19.5. The first-order valence-electron chi connectivity index (χ1n) is 11.0. The SMILES string of the molecule is CC1CCC(Cc2nc3c(-c4cnc(-c5ccccc5)c(F)c4)cnn3c(N)c2Br)CC1. The van der Waals surface area contributed by atoms with Crippen molar-refractivity contribution >= 4 is 27.4 Å². The fraction of sp³-hybridized carbons (Fsp3) is 0.320. The van der Waals surface area contributed by atoms with Gasteiger partial charge in [0, 0.05) is 22.9 Å². The molecule has 1 saturated carbocycles. The summed E-state index contributed by atoms with van der Waals surface area (Å²) < 4.78 is 17.3. The van der Waals surface area contributed by atoms with E-state index in [2.05, 4.69) is 32.9 Å². The molecule has 0 amide bonds. The first kappa shape index (κ1) is 21.1. The number of hydrogen-bond donors (Lipinski definition) is 1. The number of nitrogens with zero attached hydrogens (tertiary/aromatic N) is 4. The summed E-state index contributed by atoms with van der Waals surface area (Å²) in [6, 6.07) is 10.8. The van der Waals surface area contributed by atoms with Gasteiger partial charge in [0.05, 0.1) is 16.4 Å². The van der Waals surface area contributed by atoms with E-state index in [-0.39, 0.29) is 5.82 Å². The molecule has 0 bridgehead atoms. The fourth-order valence-electron chi connectivity index (χ4n) is 4.58. The lowest BCUT2D eigenvalue weighted by Gasteiger charge is -2.26. The van der Waals surface area contributed by atoms with E-state index < -0.39 is 0 Å². The molecule has 32 heavy (non-hydrogen) atoms. The van der Waals surface area contributed by atoms with Gasteiger partial charge in [-0.1, -0.05) is 50.1 Å². The lowest BCUT2D eigenvalue weighted by molar-refractivity contribution is 0.287. The van der Waals surface area contributed by atoms with Gasteiger partial charge in [-0.2, -0.15) is 9.61 Å². The third-order valence-electron chi connectivity index (χ3n) is 6.51. The summed E-state index contributed by atoms with van der Waals surface area (Å²) in [6.07, 6.45) is 9.16. The minimum Gasteiger partial charge on any atom is -0.383 e. The van der Waals surface area contributed by atoms with E-state index in [1.165, 1.54) is 31.7 Å². The summed E-state index contributed by atoms with van der Waals surface area (Å²) in [4.78, 5) is 9.31. The van der Waals surface area contributed by atoms with Crippen molar-refractivity contribution in [3.05, 3.63) is 64.8 Å². The van der Waals surface area contributed by atoms with Crippen molar-refractivity contribution in [2.45, 2.75) is 39.0 Å². The number of rotatable bonds is 4. The monoisotopic (exact) mass is 493 g/mol. The van der Waals surface area contributed by atoms with Crippen LogP contribution in [-0.2, 0) is 6.42 Å². The average Bonchev–Trinajstić information content (AvgIpc) is 3.23. The highest BCUT2D eigenvalue weighted by molar-refractivity contribution is 9.10. The largest absolute Gasteiger partial charge is 0.383 e. The second-order valence-corrected chi connectivity index (χ2v) is 9.59. The molecule has 3 heterocycles. The van der Waals surface area contributed by atoms with E-state index in [1.54, 1.807) is 16.9 Å². The van der Waals surface area contributed by atoms with Gasteiger partial charge in [0.2, 0.25) is 0 Å². The van der Waals surface area contributed by atoms with E-state index in [0.29, 0.717) is 34.2 Å². The van der Waals surface area contributed by atoms with Gasteiger partial charge in [0.15, 0.2) is 5.65 Å².